The maximum atomic E-state index is 13.3. The van der Waals surface area contributed by atoms with Gasteiger partial charge in [0.1, 0.15) is 6.54 Å². The van der Waals surface area contributed by atoms with Crippen LogP contribution in [0.2, 0.25) is 10.0 Å². The minimum atomic E-state index is -4.03. The Balaban J connectivity index is 1.93. The average Bonchev–Trinajstić information content (AvgIpc) is 2.72. The molecule has 1 amide bonds. The summed E-state index contributed by atoms with van der Waals surface area (Å²) in [6.07, 6.45) is 0.882. The first kappa shape index (κ1) is 22.2. The van der Waals surface area contributed by atoms with Crippen molar-refractivity contribution in [2.45, 2.75) is 18.2 Å². The molecule has 0 aliphatic heterocycles. The third-order valence-corrected chi connectivity index (χ3v) is 6.62. The number of benzene rings is 3. The molecule has 0 saturated heterocycles. The van der Waals surface area contributed by atoms with Crippen molar-refractivity contribution < 1.29 is 13.2 Å². The number of rotatable bonds is 7. The maximum absolute atomic E-state index is 13.3. The first-order valence-electron chi connectivity index (χ1n) is 9.22. The van der Waals surface area contributed by atoms with E-state index in [-0.39, 0.29) is 20.6 Å². The summed E-state index contributed by atoms with van der Waals surface area (Å²) in [5.74, 6) is -0.491. The van der Waals surface area contributed by atoms with E-state index in [2.05, 4.69) is 5.32 Å². The number of nitrogens with zero attached hydrogens (tertiary/aromatic N) is 1. The first-order valence-corrected chi connectivity index (χ1v) is 11.4. The third kappa shape index (κ3) is 5.33. The zero-order valence-corrected chi connectivity index (χ0v) is 18.5. The van der Waals surface area contributed by atoms with E-state index in [1.165, 1.54) is 30.3 Å². The highest BCUT2D eigenvalue weighted by atomic mass is 35.5. The lowest BCUT2D eigenvalue weighted by Gasteiger charge is -2.24. The first-order chi connectivity index (χ1) is 14.3. The summed E-state index contributed by atoms with van der Waals surface area (Å²) in [6.45, 7) is 1.60. The molecule has 156 valence electrons. The summed E-state index contributed by atoms with van der Waals surface area (Å²) in [5.41, 5.74) is 1.92. The number of amides is 1. The lowest BCUT2D eigenvalue weighted by atomic mass is 10.1. The number of hydrogen-bond donors (Lipinski definition) is 1. The van der Waals surface area contributed by atoms with Crippen LogP contribution < -0.4 is 9.62 Å². The monoisotopic (exact) mass is 462 g/mol. The Morgan fingerprint density at radius 3 is 2.10 bits per heavy atom. The van der Waals surface area contributed by atoms with Crippen LogP contribution in [0.25, 0.3) is 0 Å². The van der Waals surface area contributed by atoms with Gasteiger partial charge in [-0.15, -0.1) is 0 Å². The van der Waals surface area contributed by atoms with Gasteiger partial charge in [0, 0.05) is 15.7 Å². The van der Waals surface area contributed by atoms with Crippen LogP contribution >= 0.6 is 23.2 Å². The Bertz CT molecular complexity index is 1110. The zero-order valence-electron chi connectivity index (χ0n) is 16.2. The number of carbonyl (C=O) groups is 1. The summed E-state index contributed by atoms with van der Waals surface area (Å²) < 4.78 is 27.6. The molecule has 1 N–H and O–H groups in total. The van der Waals surface area contributed by atoms with Gasteiger partial charge in [0.15, 0.2) is 0 Å². The Kier molecular flexibility index (Phi) is 7.02. The smallest absolute Gasteiger partial charge is 0.264 e. The van der Waals surface area contributed by atoms with Gasteiger partial charge in [-0.25, -0.2) is 8.42 Å². The molecular weight excluding hydrogens is 443 g/mol. The molecule has 0 radical (unpaired) electrons. The molecule has 0 heterocycles. The van der Waals surface area contributed by atoms with Crippen molar-refractivity contribution in [3.8, 4) is 0 Å². The number of aryl methyl sites for hydroxylation is 1. The molecule has 0 bridgehead atoms. The number of anilines is 2. The van der Waals surface area contributed by atoms with Gasteiger partial charge in [0.2, 0.25) is 5.91 Å². The average molecular weight is 463 g/mol. The second kappa shape index (κ2) is 9.51. The SMILES string of the molecule is CCc1ccc(NC(=O)CN(c2cc(Cl)cc(Cl)c2)S(=O)(=O)c2ccccc2)cc1. The van der Waals surface area contributed by atoms with E-state index < -0.39 is 22.5 Å². The predicted molar refractivity (Wildman–Crippen MR) is 122 cm³/mol. The van der Waals surface area contributed by atoms with E-state index in [0.29, 0.717) is 5.69 Å². The molecule has 0 saturated carbocycles. The van der Waals surface area contributed by atoms with Gasteiger partial charge in [0.05, 0.1) is 10.6 Å². The molecule has 8 heteroatoms. The van der Waals surface area contributed by atoms with E-state index in [1.807, 2.05) is 19.1 Å². The number of hydrogen-bond acceptors (Lipinski definition) is 3. The molecule has 0 unspecified atom stereocenters. The van der Waals surface area contributed by atoms with Crippen molar-refractivity contribution in [3.05, 3.63) is 88.4 Å². The standard InChI is InChI=1S/C22H20Cl2N2O3S/c1-2-16-8-10-19(11-9-16)25-22(27)15-26(20-13-17(23)12-18(24)14-20)30(28,29)21-6-4-3-5-7-21/h3-14H,2,15H2,1H3,(H,25,27). The van der Waals surface area contributed by atoms with Crippen molar-refractivity contribution in [3.63, 3.8) is 0 Å². The summed E-state index contributed by atoms with van der Waals surface area (Å²) >= 11 is 12.2. The van der Waals surface area contributed by atoms with Crippen LogP contribution in [0, 0.1) is 0 Å². The minimum absolute atomic E-state index is 0.0567. The van der Waals surface area contributed by atoms with E-state index in [9.17, 15) is 13.2 Å². The molecule has 3 aromatic rings. The van der Waals surface area contributed by atoms with Crippen molar-refractivity contribution in [2.75, 3.05) is 16.2 Å². The van der Waals surface area contributed by atoms with E-state index in [4.69, 9.17) is 23.2 Å². The fourth-order valence-electron chi connectivity index (χ4n) is 2.87. The van der Waals surface area contributed by atoms with Crippen LogP contribution in [-0.2, 0) is 21.2 Å². The Hall–Kier alpha value is -2.54. The summed E-state index contributed by atoms with van der Waals surface area (Å²) in [6, 6.07) is 19.7. The van der Waals surface area contributed by atoms with Gasteiger partial charge in [-0.2, -0.15) is 0 Å². The van der Waals surface area contributed by atoms with Crippen molar-refractivity contribution >= 4 is 50.5 Å². The van der Waals surface area contributed by atoms with Gasteiger partial charge in [0.25, 0.3) is 10.0 Å². The van der Waals surface area contributed by atoms with Crippen molar-refractivity contribution in [1.82, 2.24) is 0 Å². The number of sulfonamides is 1. The van der Waals surface area contributed by atoms with Gasteiger partial charge >= 0.3 is 0 Å². The van der Waals surface area contributed by atoms with Gasteiger partial charge < -0.3 is 5.32 Å². The second-order valence-electron chi connectivity index (χ2n) is 6.55. The van der Waals surface area contributed by atoms with E-state index >= 15 is 0 Å². The zero-order chi connectivity index (χ0) is 21.7. The molecule has 0 aliphatic carbocycles. The normalized spacial score (nSPS) is 11.2. The molecule has 30 heavy (non-hydrogen) atoms. The molecule has 3 rings (SSSR count). The highest BCUT2D eigenvalue weighted by molar-refractivity contribution is 7.92. The van der Waals surface area contributed by atoms with E-state index in [1.54, 1.807) is 30.3 Å². The van der Waals surface area contributed by atoms with Crippen LogP contribution in [0.3, 0.4) is 0 Å². The lowest BCUT2D eigenvalue weighted by molar-refractivity contribution is -0.114. The molecule has 3 aromatic carbocycles. The Morgan fingerprint density at radius 2 is 1.53 bits per heavy atom. The van der Waals surface area contributed by atoms with Crippen molar-refractivity contribution in [1.29, 1.82) is 0 Å². The van der Waals surface area contributed by atoms with Crippen LogP contribution in [0.15, 0.2) is 77.7 Å². The van der Waals surface area contributed by atoms with Crippen LogP contribution in [0.4, 0.5) is 11.4 Å². The number of halogens is 2. The predicted octanol–water partition coefficient (Wildman–Crippen LogP) is 5.39. The topological polar surface area (TPSA) is 66.5 Å². The Morgan fingerprint density at radius 1 is 0.933 bits per heavy atom. The summed E-state index contributed by atoms with van der Waals surface area (Å²) in [4.78, 5) is 12.8. The fraction of sp³-hybridized carbons (Fsp3) is 0.136. The Labute approximate surface area is 186 Å². The van der Waals surface area contributed by atoms with Crippen LogP contribution in [0.5, 0.6) is 0 Å². The van der Waals surface area contributed by atoms with Crippen molar-refractivity contribution in [2.24, 2.45) is 0 Å². The second-order valence-corrected chi connectivity index (χ2v) is 9.29. The van der Waals surface area contributed by atoms with Crippen LogP contribution in [-0.4, -0.2) is 20.9 Å². The number of carbonyl (C=O) groups excluding carboxylic acids is 1. The quantitative estimate of drug-likeness (QED) is 0.511. The largest absolute Gasteiger partial charge is 0.325 e. The van der Waals surface area contributed by atoms with Gasteiger partial charge in [-0.1, -0.05) is 60.5 Å². The summed E-state index contributed by atoms with van der Waals surface area (Å²) in [5, 5.41) is 3.27. The highest BCUT2D eigenvalue weighted by Crippen LogP contribution is 2.29. The lowest BCUT2D eigenvalue weighted by Crippen LogP contribution is -2.38. The molecular formula is C22H20Cl2N2O3S. The highest BCUT2D eigenvalue weighted by Gasteiger charge is 2.27. The molecule has 0 spiro atoms. The molecule has 5 nitrogen and oxygen atoms in total. The molecule has 0 fully saturated rings. The summed E-state index contributed by atoms with van der Waals surface area (Å²) in [7, 11) is -4.03. The fourth-order valence-corrected chi connectivity index (χ4v) is 4.81. The van der Waals surface area contributed by atoms with E-state index in [0.717, 1.165) is 16.3 Å². The molecule has 0 aliphatic rings. The number of nitrogens with one attached hydrogen (secondary N) is 1. The van der Waals surface area contributed by atoms with Crippen LogP contribution in [0.1, 0.15) is 12.5 Å². The maximum Gasteiger partial charge on any atom is 0.264 e. The van der Waals surface area contributed by atoms with Gasteiger partial charge in [-0.3, -0.25) is 9.10 Å². The molecule has 0 aromatic heterocycles. The van der Waals surface area contributed by atoms with Gasteiger partial charge in [-0.05, 0) is 54.4 Å². The molecule has 0 atom stereocenters. The third-order valence-electron chi connectivity index (χ3n) is 4.40. The minimum Gasteiger partial charge on any atom is -0.325 e.